The predicted molar refractivity (Wildman–Crippen MR) is 185 cm³/mol. The number of ether oxygens (including phenoxy) is 1. The van der Waals surface area contributed by atoms with Gasteiger partial charge in [-0.25, -0.2) is 26.4 Å². The third kappa shape index (κ3) is 5.42. The molecule has 0 N–H and O–H groups in total. The lowest BCUT2D eigenvalue weighted by atomic mass is 9.93. The van der Waals surface area contributed by atoms with Crippen molar-refractivity contribution >= 4 is 54.8 Å². The number of anilines is 1. The number of hydrogen-bond acceptors (Lipinski definition) is 7. The number of aryl methyl sites for hydroxylation is 1. The monoisotopic (exact) mass is 684 g/mol. The molecule has 0 unspecified atom stereocenters. The highest BCUT2D eigenvalue weighted by molar-refractivity contribution is 7.90. The van der Waals surface area contributed by atoms with Gasteiger partial charge in [0, 0.05) is 47.9 Å². The number of fused-ring (bicyclic) bond motifs is 1. The van der Waals surface area contributed by atoms with Crippen molar-refractivity contribution in [2.45, 2.75) is 31.2 Å². The van der Waals surface area contributed by atoms with Crippen LogP contribution in [0.5, 0.6) is 0 Å². The third-order valence-electron chi connectivity index (χ3n) is 9.03. The molecule has 9 nitrogen and oxygen atoms in total. The number of carbonyl (C=O) groups excluding carboxylic acids is 2. The summed E-state index contributed by atoms with van der Waals surface area (Å²) in [5.74, 6) is -1.59. The van der Waals surface area contributed by atoms with Crippen molar-refractivity contribution in [3.63, 3.8) is 0 Å². The molecule has 0 spiro atoms. The van der Waals surface area contributed by atoms with Gasteiger partial charge in [-0.1, -0.05) is 35.9 Å². The van der Waals surface area contributed by atoms with Gasteiger partial charge in [-0.2, -0.15) is 11.3 Å². The standard InChI is InChI=1S/C36H33FN4O5S2/c1-22-10-13-27(14-11-22)48(44,45)41-30-15-12-25(37)19-29(30)31(28-16-17-47-33(28)38-4)32(41)23-8-7-9-26(18-23)40-20-24(21-40)34(42)39(5)36(2,3)35(43)46-6/h7-19,24H,20-21H2,1-3,5-6H3. The van der Waals surface area contributed by atoms with Crippen LogP contribution in [0.15, 0.2) is 83.1 Å². The molecule has 1 amide bonds. The summed E-state index contributed by atoms with van der Waals surface area (Å²) in [5.41, 5.74) is 2.58. The average molecular weight is 685 g/mol. The lowest BCUT2D eigenvalue weighted by Gasteiger charge is -2.44. The molecule has 48 heavy (non-hydrogen) atoms. The molecule has 0 saturated carbocycles. The highest BCUT2D eigenvalue weighted by atomic mass is 32.2. The van der Waals surface area contributed by atoms with Crippen LogP contribution in [0.25, 0.3) is 38.1 Å². The third-order valence-corrected chi connectivity index (χ3v) is 11.6. The van der Waals surface area contributed by atoms with Crippen LogP contribution in [-0.4, -0.2) is 62.0 Å². The van der Waals surface area contributed by atoms with E-state index in [4.69, 9.17) is 11.3 Å². The summed E-state index contributed by atoms with van der Waals surface area (Å²) in [4.78, 5) is 32.8. The molecule has 1 saturated heterocycles. The number of hydrogen-bond donors (Lipinski definition) is 0. The van der Waals surface area contributed by atoms with Crippen molar-refractivity contribution in [3.8, 4) is 22.4 Å². The fourth-order valence-corrected chi connectivity index (χ4v) is 8.27. The van der Waals surface area contributed by atoms with E-state index in [2.05, 4.69) is 4.85 Å². The molecule has 3 aromatic carbocycles. The van der Waals surface area contributed by atoms with Crippen molar-refractivity contribution in [1.82, 2.24) is 8.87 Å². The molecule has 1 fully saturated rings. The van der Waals surface area contributed by atoms with E-state index in [1.807, 2.05) is 24.0 Å². The summed E-state index contributed by atoms with van der Waals surface area (Å²) in [7, 11) is -1.35. The molecular formula is C36H33FN4O5S2. The lowest BCUT2D eigenvalue weighted by Crippen LogP contribution is -2.59. The summed E-state index contributed by atoms with van der Waals surface area (Å²) < 4.78 is 50.1. The first-order valence-corrected chi connectivity index (χ1v) is 17.4. The molecule has 1 aliphatic rings. The van der Waals surface area contributed by atoms with Crippen LogP contribution in [-0.2, 0) is 24.3 Å². The van der Waals surface area contributed by atoms with E-state index < -0.39 is 27.3 Å². The lowest BCUT2D eigenvalue weighted by molar-refractivity contribution is -0.159. The van der Waals surface area contributed by atoms with Crippen molar-refractivity contribution in [2.75, 3.05) is 32.1 Å². The van der Waals surface area contributed by atoms with Gasteiger partial charge in [0.15, 0.2) is 0 Å². The number of likely N-dealkylation sites (N-methyl/N-ethyl adjacent to an activating group) is 1. The first-order chi connectivity index (χ1) is 22.8. The number of nitrogens with zero attached hydrogens (tertiary/aromatic N) is 4. The SMILES string of the molecule is [C-]#[N+]c1sccc1-c1c(-c2cccc(N3CC(C(=O)N(C)C(C)(C)C(=O)OC)C3)c2)n(S(=O)(=O)c2ccc(C)cc2)c2ccc(F)cc12. The minimum atomic E-state index is -4.22. The number of carbonyl (C=O) groups is 2. The smallest absolute Gasteiger partial charge is 0.331 e. The van der Waals surface area contributed by atoms with Crippen LogP contribution in [0, 0.1) is 25.2 Å². The molecular weight excluding hydrogens is 652 g/mol. The largest absolute Gasteiger partial charge is 0.467 e. The Kier molecular flexibility index (Phi) is 8.39. The Morgan fingerprint density at radius 2 is 1.77 bits per heavy atom. The van der Waals surface area contributed by atoms with Crippen LogP contribution in [0.3, 0.4) is 0 Å². The maximum atomic E-state index is 14.9. The fourth-order valence-electron chi connectivity index (χ4n) is 6.04. The molecule has 2 aromatic heterocycles. The van der Waals surface area contributed by atoms with Gasteiger partial charge in [0.1, 0.15) is 11.4 Å². The zero-order valence-electron chi connectivity index (χ0n) is 27.0. The predicted octanol–water partition coefficient (Wildman–Crippen LogP) is 7.12. The number of thiophene rings is 1. The van der Waals surface area contributed by atoms with E-state index in [1.54, 1.807) is 68.7 Å². The molecule has 246 valence electrons. The molecule has 3 heterocycles. The summed E-state index contributed by atoms with van der Waals surface area (Å²) in [6.45, 7) is 13.7. The molecule has 12 heteroatoms. The second-order valence-electron chi connectivity index (χ2n) is 12.3. The summed E-state index contributed by atoms with van der Waals surface area (Å²) in [6, 6.07) is 19.6. The van der Waals surface area contributed by atoms with Crippen molar-refractivity contribution in [3.05, 3.63) is 101 Å². The maximum Gasteiger partial charge on any atom is 0.331 e. The van der Waals surface area contributed by atoms with Crippen LogP contribution < -0.4 is 4.90 Å². The molecule has 0 atom stereocenters. The van der Waals surface area contributed by atoms with Crippen LogP contribution in [0.4, 0.5) is 15.1 Å². The van der Waals surface area contributed by atoms with E-state index in [0.29, 0.717) is 45.9 Å². The summed E-state index contributed by atoms with van der Waals surface area (Å²) in [6.07, 6.45) is 0. The number of halogens is 1. The number of benzene rings is 3. The van der Waals surface area contributed by atoms with Gasteiger partial charge in [-0.3, -0.25) is 4.79 Å². The average Bonchev–Trinajstić information content (AvgIpc) is 3.65. The minimum absolute atomic E-state index is 0.0668. The molecule has 1 aliphatic heterocycles. The first kappa shape index (κ1) is 32.9. The topological polar surface area (TPSA) is 93.3 Å². The quantitative estimate of drug-likeness (QED) is 0.128. The second kappa shape index (κ2) is 12.2. The van der Waals surface area contributed by atoms with Crippen LogP contribution in [0.2, 0.25) is 0 Å². The Morgan fingerprint density at radius 1 is 1.06 bits per heavy atom. The van der Waals surface area contributed by atoms with E-state index in [9.17, 15) is 22.4 Å². The van der Waals surface area contributed by atoms with Gasteiger partial charge in [-0.05, 0) is 68.6 Å². The zero-order chi connectivity index (χ0) is 34.5. The molecule has 6 rings (SSSR count). The number of esters is 1. The number of amides is 1. The van der Waals surface area contributed by atoms with Crippen LogP contribution in [0.1, 0.15) is 19.4 Å². The highest BCUT2D eigenvalue weighted by Gasteiger charge is 2.42. The van der Waals surface area contributed by atoms with E-state index >= 15 is 0 Å². The molecule has 0 aliphatic carbocycles. The van der Waals surface area contributed by atoms with Gasteiger partial charge >= 0.3 is 5.97 Å². The Morgan fingerprint density at radius 3 is 2.44 bits per heavy atom. The highest BCUT2D eigenvalue weighted by Crippen LogP contribution is 2.48. The Labute approximate surface area is 282 Å². The van der Waals surface area contributed by atoms with E-state index in [-0.39, 0.29) is 22.2 Å². The summed E-state index contributed by atoms with van der Waals surface area (Å²) >= 11 is 1.23. The minimum Gasteiger partial charge on any atom is -0.467 e. The van der Waals surface area contributed by atoms with Gasteiger partial charge < -0.3 is 14.5 Å². The number of aromatic nitrogens is 1. The second-order valence-corrected chi connectivity index (χ2v) is 15.0. The Balaban J connectivity index is 1.49. The normalized spacial score (nSPS) is 13.6. The van der Waals surface area contributed by atoms with E-state index in [1.165, 1.54) is 45.5 Å². The van der Waals surface area contributed by atoms with Crippen molar-refractivity contribution in [1.29, 1.82) is 0 Å². The van der Waals surface area contributed by atoms with Gasteiger partial charge in [0.05, 0.1) is 35.7 Å². The Bertz CT molecular complexity index is 2230. The van der Waals surface area contributed by atoms with Gasteiger partial charge in [-0.15, -0.1) is 0 Å². The van der Waals surface area contributed by atoms with Crippen LogP contribution >= 0.6 is 11.3 Å². The molecule has 0 bridgehead atoms. The Hall–Kier alpha value is -4.99. The fraction of sp³-hybridized carbons (Fsp3) is 0.250. The number of rotatable bonds is 8. The number of methoxy groups -OCH3 is 1. The molecule has 5 aromatic rings. The van der Waals surface area contributed by atoms with Gasteiger partial charge in [0.25, 0.3) is 10.0 Å². The molecule has 0 radical (unpaired) electrons. The van der Waals surface area contributed by atoms with Crippen molar-refractivity contribution < 1.29 is 27.1 Å². The summed E-state index contributed by atoms with van der Waals surface area (Å²) in [5, 5.41) is 2.47. The van der Waals surface area contributed by atoms with Crippen molar-refractivity contribution in [2.24, 2.45) is 5.92 Å². The van der Waals surface area contributed by atoms with Gasteiger partial charge in [0.2, 0.25) is 10.9 Å². The zero-order valence-corrected chi connectivity index (χ0v) is 28.7. The maximum absolute atomic E-state index is 14.9. The first-order valence-electron chi connectivity index (χ1n) is 15.1. The van der Waals surface area contributed by atoms with E-state index in [0.717, 1.165) is 11.3 Å².